The van der Waals surface area contributed by atoms with Crippen LogP contribution in [0.1, 0.15) is 22.8 Å². The van der Waals surface area contributed by atoms with Crippen molar-refractivity contribution in [2.45, 2.75) is 13.0 Å². The predicted molar refractivity (Wildman–Crippen MR) is 102 cm³/mol. The normalized spacial score (nSPS) is 12.0. The van der Waals surface area contributed by atoms with Crippen molar-refractivity contribution in [2.75, 3.05) is 21.3 Å². The number of hydrogen-bond donors (Lipinski definition) is 1. The third-order valence-electron chi connectivity index (χ3n) is 3.58. The highest BCUT2D eigenvalue weighted by atomic mass is 127. The maximum absolute atomic E-state index is 11.0. The van der Waals surface area contributed by atoms with Crippen molar-refractivity contribution < 1.29 is 19.3 Å². The molecule has 1 heterocycles. The van der Waals surface area contributed by atoms with Gasteiger partial charge in [0.2, 0.25) is 5.75 Å². The zero-order chi connectivity index (χ0) is 18.0. The highest BCUT2D eigenvalue weighted by Crippen LogP contribution is 2.47. The van der Waals surface area contributed by atoms with E-state index >= 15 is 0 Å². The van der Waals surface area contributed by atoms with Gasteiger partial charge in [0, 0.05) is 17.3 Å². The first-order valence-electron chi connectivity index (χ1n) is 6.84. The van der Waals surface area contributed by atoms with E-state index in [0.717, 1.165) is 5.56 Å². The quantitative estimate of drug-likeness (QED) is 0.504. The molecule has 0 aliphatic heterocycles. The molecule has 0 saturated heterocycles. The lowest BCUT2D eigenvalue weighted by atomic mass is 9.96. The number of halogens is 3. The summed E-state index contributed by atoms with van der Waals surface area (Å²) < 4.78 is 16.8. The first kappa shape index (κ1) is 19.4. The Morgan fingerprint density at radius 3 is 2.25 bits per heavy atom. The minimum Gasteiger partial charge on any atom is -0.493 e. The third kappa shape index (κ3) is 3.37. The number of aryl methyl sites for hydroxylation is 1. The Labute approximate surface area is 164 Å². The zero-order valence-corrected chi connectivity index (χ0v) is 17.2. The number of pyridine rings is 1. The molecule has 0 bridgehead atoms. The van der Waals surface area contributed by atoms with E-state index in [-0.39, 0.29) is 5.15 Å². The maximum Gasteiger partial charge on any atom is 0.203 e. The van der Waals surface area contributed by atoms with Crippen LogP contribution in [0.3, 0.4) is 0 Å². The van der Waals surface area contributed by atoms with E-state index in [1.54, 1.807) is 12.3 Å². The Morgan fingerprint density at radius 1 is 1.08 bits per heavy atom. The van der Waals surface area contributed by atoms with Crippen molar-refractivity contribution in [3.05, 3.63) is 42.7 Å². The summed E-state index contributed by atoms with van der Waals surface area (Å²) in [5.41, 5.74) is 1.55. The Kier molecular flexibility index (Phi) is 6.41. The second-order valence-electron chi connectivity index (χ2n) is 4.90. The summed E-state index contributed by atoms with van der Waals surface area (Å²) in [6, 6.07) is 1.75. The van der Waals surface area contributed by atoms with Crippen LogP contribution >= 0.6 is 45.8 Å². The molecule has 8 heteroatoms. The summed E-state index contributed by atoms with van der Waals surface area (Å²) in [7, 11) is 4.52. The second kappa shape index (κ2) is 7.95. The molecule has 1 aromatic heterocycles. The number of ether oxygens (including phenoxy) is 3. The number of nitrogens with zero attached hydrogens (tertiary/aromatic N) is 1. The molecule has 0 fully saturated rings. The first-order valence-corrected chi connectivity index (χ1v) is 8.67. The Balaban J connectivity index is 2.75. The summed E-state index contributed by atoms with van der Waals surface area (Å²) in [4.78, 5) is 4.06. The molecule has 0 aliphatic rings. The molecule has 2 rings (SSSR count). The summed E-state index contributed by atoms with van der Waals surface area (Å²) in [6.07, 6.45) is 0.405. The second-order valence-corrected chi connectivity index (χ2v) is 6.80. The van der Waals surface area contributed by atoms with Crippen molar-refractivity contribution in [3.8, 4) is 17.2 Å². The molecule has 1 unspecified atom stereocenters. The van der Waals surface area contributed by atoms with Gasteiger partial charge in [-0.1, -0.05) is 23.2 Å². The summed E-state index contributed by atoms with van der Waals surface area (Å²) in [5.74, 6) is 1.24. The number of hydrogen-bond acceptors (Lipinski definition) is 5. The molecule has 0 saturated carbocycles. The van der Waals surface area contributed by atoms with Gasteiger partial charge in [0.25, 0.3) is 0 Å². The number of rotatable bonds is 5. The Bertz CT molecular complexity index is 770. The molecular weight excluding hydrogens is 468 g/mol. The molecule has 24 heavy (non-hydrogen) atoms. The van der Waals surface area contributed by atoms with E-state index in [4.69, 9.17) is 37.4 Å². The van der Waals surface area contributed by atoms with Crippen molar-refractivity contribution in [3.63, 3.8) is 0 Å². The van der Waals surface area contributed by atoms with E-state index < -0.39 is 6.10 Å². The SMILES string of the molecule is COc1cc(C)c(C(O)c2c(Cl)ncc(I)c2Cl)c(OC)c1OC. The average molecular weight is 484 g/mol. The molecule has 5 nitrogen and oxygen atoms in total. The van der Waals surface area contributed by atoms with Gasteiger partial charge in [-0.05, 0) is 41.1 Å². The highest BCUT2D eigenvalue weighted by Gasteiger charge is 2.28. The monoisotopic (exact) mass is 483 g/mol. The smallest absolute Gasteiger partial charge is 0.203 e. The minimum absolute atomic E-state index is 0.129. The largest absolute Gasteiger partial charge is 0.493 e. The van der Waals surface area contributed by atoms with Gasteiger partial charge in [0.05, 0.1) is 29.9 Å². The standard InChI is InChI=1S/C16H16Cl2INO4/c1-7-5-9(22-2)14(23-3)15(24-4)10(7)13(21)11-12(17)8(19)6-20-16(11)18/h5-6,13,21H,1-4H3. The molecular formula is C16H16Cl2INO4. The van der Waals surface area contributed by atoms with Gasteiger partial charge in [-0.25, -0.2) is 4.98 Å². The fraction of sp³-hybridized carbons (Fsp3) is 0.312. The summed E-state index contributed by atoms with van der Waals surface area (Å²) in [6.45, 7) is 1.83. The Morgan fingerprint density at radius 2 is 1.71 bits per heavy atom. The van der Waals surface area contributed by atoms with E-state index in [0.29, 0.717) is 37.0 Å². The molecule has 2 aromatic rings. The van der Waals surface area contributed by atoms with Crippen LogP contribution in [0.25, 0.3) is 0 Å². The van der Waals surface area contributed by atoms with Crippen molar-refractivity contribution in [1.82, 2.24) is 4.98 Å². The number of benzene rings is 1. The van der Waals surface area contributed by atoms with Crippen molar-refractivity contribution in [1.29, 1.82) is 0 Å². The van der Waals surface area contributed by atoms with Crippen LogP contribution in [-0.2, 0) is 0 Å². The van der Waals surface area contributed by atoms with Crippen molar-refractivity contribution in [2.24, 2.45) is 0 Å². The number of aromatic nitrogens is 1. The molecule has 0 radical (unpaired) electrons. The van der Waals surface area contributed by atoms with E-state index in [9.17, 15) is 5.11 Å². The van der Waals surface area contributed by atoms with Crippen LogP contribution in [-0.4, -0.2) is 31.4 Å². The molecule has 1 N–H and O–H groups in total. The van der Waals surface area contributed by atoms with E-state index in [1.165, 1.54) is 21.3 Å². The van der Waals surface area contributed by atoms with Crippen LogP contribution in [0, 0.1) is 10.5 Å². The van der Waals surface area contributed by atoms with Crippen LogP contribution in [0.15, 0.2) is 12.3 Å². The van der Waals surface area contributed by atoms with Crippen LogP contribution in [0.2, 0.25) is 10.2 Å². The topological polar surface area (TPSA) is 60.8 Å². The van der Waals surface area contributed by atoms with E-state index in [2.05, 4.69) is 4.98 Å². The molecule has 1 aromatic carbocycles. The fourth-order valence-electron chi connectivity index (χ4n) is 2.48. The fourth-order valence-corrected chi connectivity index (χ4v) is 3.44. The lowest BCUT2D eigenvalue weighted by molar-refractivity contribution is 0.211. The van der Waals surface area contributed by atoms with Crippen LogP contribution in [0.5, 0.6) is 17.2 Å². The summed E-state index contributed by atoms with van der Waals surface area (Å²) in [5, 5.41) is 11.4. The lowest BCUT2D eigenvalue weighted by Crippen LogP contribution is -2.09. The number of methoxy groups -OCH3 is 3. The Hall–Kier alpha value is -0.960. The van der Waals surface area contributed by atoms with Gasteiger partial charge in [-0.15, -0.1) is 0 Å². The van der Waals surface area contributed by atoms with Gasteiger partial charge in [0.1, 0.15) is 11.3 Å². The lowest BCUT2D eigenvalue weighted by Gasteiger charge is -2.22. The van der Waals surface area contributed by atoms with Gasteiger partial charge in [0.15, 0.2) is 11.5 Å². The van der Waals surface area contributed by atoms with Gasteiger partial charge in [-0.3, -0.25) is 0 Å². The summed E-state index contributed by atoms with van der Waals surface area (Å²) >= 11 is 14.5. The van der Waals surface area contributed by atoms with Crippen LogP contribution in [0.4, 0.5) is 0 Å². The van der Waals surface area contributed by atoms with E-state index in [1.807, 2.05) is 29.5 Å². The molecule has 1 atom stereocenters. The molecule has 0 aliphatic carbocycles. The highest BCUT2D eigenvalue weighted by molar-refractivity contribution is 14.1. The van der Waals surface area contributed by atoms with Crippen LogP contribution < -0.4 is 14.2 Å². The molecule has 130 valence electrons. The zero-order valence-electron chi connectivity index (χ0n) is 13.5. The first-order chi connectivity index (χ1) is 11.4. The van der Waals surface area contributed by atoms with Gasteiger partial charge >= 0.3 is 0 Å². The average Bonchev–Trinajstić information content (AvgIpc) is 2.56. The maximum atomic E-state index is 11.0. The molecule has 0 amide bonds. The predicted octanol–water partition coefficient (Wildman–Crippen LogP) is 4.41. The minimum atomic E-state index is -1.14. The third-order valence-corrected chi connectivity index (χ3v) is 5.43. The number of aliphatic hydroxyl groups excluding tert-OH is 1. The van der Waals surface area contributed by atoms with Crippen molar-refractivity contribution >= 4 is 45.8 Å². The van der Waals surface area contributed by atoms with Gasteiger partial charge in [-0.2, -0.15) is 0 Å². The molecule has 0 spiro atoms. The number of aliphatic hydroxyl groups is 1. The van der Waals surface area contributed by atoms with Gasteiger partial charge < -0.3 is 19.3 Å².